The third kappa shape index (κ3) is 18.7. The van der Waals surface area contributed by atoms with Gasteiger partial charge in [0.05, 0.1) is 27.6 Å². The van der Waals surface area contributed by atoms with Crippen LogP contribution in [0.4, 0.5) is 62.3 Å². The molecule has 21 aromatic rings. The van der Waals surface area contributed by atoms with Gasteiger partial charge in [-0.3, -0.25) is 9.97 Å². The van der Waals surface area contributed by atoms with Crippen LogP contribution in [0.1, 0.15) is 0 Å². The van der Waals surface area contributed by atoms with Gasteiger partial charge in [-0.05, 0) is 170 Å². The summed E-state index contributed by atoms with van der Waals surface area (Å²) in [6, 6.07) is 103. The summed E-state index contributed by atoms with van der Waals surface area (Å²) in [6.07, 6.45) is 15.4. The lowest BCUT2D eigenvalue weighted by atomic mass is 10.1. The molecule has 0 bridgehead atoms. The van der Waals surface area contributed by atoms with Crippen LogP contribution in [0.25, 0.3) is 122 Å². The van der Waals surface area contributed by atoms with Crippen molar-refractivity contribution >= 4 is 135 Å². The minimum atomic E-state index is -0.283. The summed E-state index contributed by atoms with van der Waals surface area (Å²) in [5, 5.41) is 23.2. The largest absolute Gasteiger partial charge is 0.361 e. The quantitative estimate of drug-likeness (QED) is 0.0556. The number of benzene rings is 11. The molecular weight excluding hydrogens is 1520 g/mol. The maximum atomic E-state index is 13.2. The highest BCUT2D eigenvalue weighted by Crippen LogP contribution is 2.34. The van der Waals surface area contributed by atoms with Crippen molar-refractivity contribution in [3.05, 3.63) is 388 Å². The van der Waals surface area contributed by atoms with E-state index < -0.39 is 0 Å². The zero-order chi connectivity index (χ0) is 81.0. The third-order valence-electron chi connectivity index (χ3n) is 18.6. The fourth-order valence-corrected chi connectivity index (χ4v) is 13.0. The van der Waals surface area contributed by atoms with Gasteiger partial charge in [0.25, 0.3) is 0 Å². The van der Waals surface area contributed by atoms with Gasteiger partial charge < -0.3 is 31.6 Å². The van der Waals surface area contributed by atoms with Crippen molar-refractivity contribution < 1.29 is 4.39 Å². The van der Waals surface area contributed by atoms with Gasteiger partial charge in [0.1, 0.15) is 47.1 Å². The van der Waals surface area contributed by atoms with Crippen LogP contribution in [0.3, 0.4) is 0 Å². The average molecular weight is 1580 g/mol. The molecule has 0 radical (unpaired) electrons. The van der Waals surface area contributed by atoms with Crippen LogP contribution in [-0.2, 0) is 0 Å². The summed E-state index contributed by atoms with van der Waals surface area (Å²) < 4.78 is 13.2. The van der Waals surface area contributed by atoms with Crippen LogP contribution in [-0.4, -0.2) is 84.7 Å². The summed E-state index contributed by atoms with van der Waals surface area (Å²) in [5.74, 6) is 7.89. The Morgan fingerprint density at radius 3 is 1.02 bits per heavy atom. The first kappa shape index (κ1) is 76.0. The Hall–Kier alpha value is -16.7. The zero-order valence-corrected chi connectivity index (χ0v) is 64.5. The predicted octanol–water partition coefficient (Wildman–Crippen LogP) is 22.8. The van der Waals surface area contributed by atoms with E-state index >= 15 is 0 Å². The van der Waals surface area contributed by atoms with E-state index in [1.54, 1.807) is 67.6 Å². The van der Waals surface area contributed by atoms with Crippen molar-refractivity contribution in [1.82, 2.24) is 84.7 Å². The number of hydrogen-bond acceptors (Lipinski definition) is 21. The van der Waals surface area contributed by atoms with Gasteiger partial charge in [-0.15, -0.1) is 0 Å². The molecule has 0 spiro atoms. The molecule has 0 saturated carbocycles. The number of pyridine rings is 2. The van der Waals surface area contributed by atoms with Crippen LogP contribution < -0.4 is 26.6 Å². The van der Waals surface area contributed by atoms with Crippen LogP contribution in [0.5, 0.6) is 0 Å². The molecule has 24 heteroatoms. The Labute approximate surface area is 691 Å². The fourth-order valence-electron chi connectivity index (χ4n) is 12.8. The Morgan fingerprint density at radius 2 is 0.617 bits per heavy atom. The van der Waals surface area contributed by atoms with Crippen LogP contribution >= 0.6 is 11.6 Å². The highest BCUT2D eigenvalue weighted by molar-refractivity contribution is 6.30. The molecule has 0 aliphatic heterocycles. The first-order chi connectivity index (χ1) is 59.2. The highest BCUT2D eigenvalue weighted by Gasteiger charge is 2.17. The second kappa shape index (κ2) is 36.7. The molecule has 0 amide bonds. The highest BCUT2D eigenvalue weighted by atomic mass is 35.5. The van der Waals surface area contributed by atoms with Gasteiger partial charge in [-0.2, -0.15) is 0 Å². The first-order valence-corrected chi connectivity index (χ1v) is 38.4. The molecule has 120 heavy (non-hydrogen) atoms. The van der Waals surface area contributed by atoms with E-state index in [-0.39, 0.29) is 5.82 Å². The molecule has 576 valence electrons. The number of rotatable bonds is 15. The smallest absolute Gasteiger partial charge is 0.228 e. The van der Waals surface area contributed by atoms with Crippen LogP contribution in [0.2, 0.25) is 5.02 Å². The number of aromatic amines is 1. The van der Waals surface area contributed by atoms with Crippen LogP contribution in [0, 0.1) is 5.82 Å². The summed E-state index contributed by atoms with van der Waals surface area (Å²) in [5.41, 5.74) is 13.0. The van der Waals surface area contributed by atoms with Gasteiger partial charge in [0, 0.05) is 137 Å². The Kier molecular flexibility index (Phi) is 23.2. The van der Waals surface area contributed by atoms with E-state index in [2.05, 4.69) is 121 Å². The average Bonchev–Trinajstić information content (AvgIpc) is 0.834. The molecular formula is C96H68ClFN22. The van der Waals surface area contributed by atoms with E-state index in [1.807, 2.05) is 267 Å². The van der Waals surface area contributed by atoms with E-state index in [0.717, 1.165) is 134 Å². The number of nitrogens with one attached hydrogen (secondary N) is 6. The molecule has 10 aromatic heterocycles. The molecule has 0 aliphatic carbocycles. The minimum absolute atomic E-state index is 0.283. The SMILES string of the molecule is Clc1ccc(-c2nc(Nc3ccncc3)c3ccccc3n2)cc1.Fc1ccc(-c2nc(Nc3ccncc3)c3ccccc3n2)cc1.c1ccc(-c2nc(Nc3ccc4[nH]ccc4c3)c3ccccc3n2)cc1.c1ccc(-c2nc(Nc3ccncn3)c3ccccc3n2)cc1.c1ccc(-c2nc(Nc3ncccn3)c3ccccc3n2)cc1. The van der Waals surface area contributed by atoms with E-state index in [0.29, 0.717) is 51.7 Å². The molecule has 0 saturated heterocycles. The molecule has 22 nitrogen and oxygen atoms in total. The lowest BCUT2D eigenvalue weighted by molar-refractivity contribution is 0.628. The van der Waals surface area contributed by atoms with Crippen molar-refractivity contribution in [2.45, 2.75) is 0 Å². The number of nitrogens with zero attached hydrogens (tertiary/aromatic N) is 16. The van der Waals surface area contributed by atoms with Crippen LogP contribution in [0.15, 0.2) is 377 Å². The molecule has 10 heterocycles. The molecule has 6 N–H and O–H groups in total. The zero-order valence-electron chi connectivity index (χ0n) is 63.7. The van der Waals surface area contributed by atoms with E-state index in [4.69, 9.17) is 26.6 Å². The fraction of sp³-hybridized carbons (Fsp3) is 0. The third-order valence-corrected chi connectivity index (χ3v) is 18.9. The van der Waals surface area contributed by atoms with E-state index in [1.165, 1.54) is 18.5 Å². The van der Waals surface area contributed by atoms with Crippen molar-refractivity contribution in [2.75, 3.05) is 26.6 Å². The van der Waals surface area contributed by atoms with Gasteiger partial charge in [-0.1, -0.05) is 163 Å². The first-order valence-electron chi connectivity index (χ1n) is 38.0. The molecule has 0 fully saturated rings. The second-order valence-corrected chi connectivity index (χ2v) is 27.2. The number of hydrogen-bond donors (Lipinski definition) is 6. The normalized spacial score (nSPS) is 10.8. The van der Waals surface area contributed by atoms with E-state index in [9.17, 15) is 4.39 Å². The molecule has 11 aromatic carbocycles. The van der Waals surface area contributed by atoms with Gasteiger partial charge >= 0.3 is 0 Å². The summed E-state index contributed by atoms with van der Waals surface area (Å²) >= 11 is 5.97. The Balaban J connectivity index is 0.000000107. The number of para-hydroxylation sites is 5. The summed E-state index contributed by atoms with van der Waals surface area (Å²) in [7, 11) is 0. The summed E-state index contributed by atoms with van der Waals surface area (Å²) in [6.45, 7) is 0. The lowest BCUT2D eigenvalue weighted by Crippen LogP contribution is -2.01. The Bertz CT molecular complexity index is 6700. The van der Waals surface area contributed by atoms with Crippen molar-refractivity contribution in [3.8, 4) is 56.9 Å². The number of halogens is 2. The lowest BCUT2D eigenvalue weighted by Gasteiger charge is -2.11. The maximum Gasteiger partial charge on any atom is 0.228 e. The second-order valence-electron chi connectivity index (χ2n) is 26.7. The topological polar surface area (TPSA) is 282 Å². The monoisotopic (exact) mass is 1580 g/mol. The van der Waals surface area contributed by atoms with Crippen molar-refractivity contribution in [1.29, 1.82) is 0 Å². The number of H-pyrrole nitrogens is 1. The molecule has 21 rings (SSSR count). The number of anilines is 10. The molecule has 0 atom stereocenters. The number of fused-ring (bicyclic) bond motifs is 6. The Morgan fingerprint density at radius 1 is 0.267 bits per heavy atom. The van der Waals surface area contributed by atoms with Gasteiger partial charge in [-0.25, -0.2) is 74.2 Å². The molecule has 0 unspecified atom stereocenters. The van der Waals surface area contributed by atoms with Gasteiger partial charge in [0.15, 0.2) is 29.1 Å². The van der Waals surface area contributed by atoms with Gasteiger partial charge in [0.2, 0.25) is 5.95 Å². The predicted molar refractivity (Wildman–Crippen MR) is 477 cm³/mol. The van der Waals surface area contributed by atoms with Crippen molar-refractivity contribution in [2.24, 2.45) is 0 Å². The minimum Gasteiger partial charge on any atom is -0.361 e. The van der Waals surface area contributed by atoms with Crippen molar-refractivity contribution in [3.63, 3.8) is 0 Å². The number of aromatic nitrogens is 17. The summed E-state index contributed by atoms with van der Waals surface area (Å²) in [4.78, 5) is 74.6. The molecule has 0 aliphatic rings. The standard InChI is InChI=1S/C22H16N4.C19H13ClN4.C19H13FN4.2C18H13N5/c1-2-6-15(7-3-1)21-25-20-9-5-4-8-18(20)22(26-21)24-17-10-11-19-16(14-17)12-13-23-19;2*20-14-7-5-13(6-8-14)18-23-17-4-2-1-3-16(17)19(24-18)22-15-9-11-21-12-10-15;1-2-7-13(8-3-1)16-21-15-10-5-4-9-14(15)17(22-16)23-18-19-11-6-12-20-18;1-2-6-13(7-3-1)17-21-15-9-5-4-8-14(15)18(23-17)22-16-10-11-19-12-20-16/h1-14,23H,(H,24,25,26);2*1-12H,(H,21,22,23,24);2*1-12H,(H,19,20,21,22,23). The maximum absolute atomic E-state index is 13.2.